The molecule has 1 aromatic carbocycles. The van der Waals surface area contributed by atoms with Crippen LogP contribution in [0.3, 0.4) is 0 Å². The number of hydrogen-bond acceptors (Lipinski definition) is 8. The van der Waals surface area contributed by atoms with Gasteiger partial charge in [-0.15, -0.1) is 0 Å². The second-order valence-electron chi connectivity index (χ2n) is 7.60. The first-order valence-electron chi connectivity index (χ1n) is 10.2. The fourth-order valence-electron chi connectivity index (χ4n) is 3.69. The Morgan fingerprint density at radius 1 is 1.17 bits per heavy atom. The first-order valence-corrected chi connectivity index (χ1v) is 11.7. The van der Waals surface area contributed by atoms with Crippen LogP contribution in [0.1, 0.15) is 49.9 Å². The summed E-state index contributed by atoms with van der Waals surface area (Å²) in [5, 5.41) is 9.21. The van der Waals surface area contributed by atoms with Gasteiger partial charge in [0.1, 0.15) is 6.54 Å². The minimum absolute atomic E-state index is 0.0662. The van der Waals surface area contributed by atoms with E-state index >= 15 is 0 Å². The van der Waals surface area contributed by atoms with E-state index in [2.05, 4.69) is 15.2 Å². The van der Waals surface area contributed by atoms with Gasteiger partial charge in [0.2, 0.25) is 20.8 Å². The Hall–Kier alpha value is -2.75. The van der Waals surface area contributed by atoms with Crippen LogP contribution in [0.4, 0.5) is 5.69 Å². The molecule has 0 spiro atoms. The van der Waals surface area contributed by atoms with Gasteiger partial charge in [0, 0.05) is 19.5 Å². The van der Waals surface area contributed by atoms with Crippen molar-refractivity contribution in [2.75, 3.05) is 18.1 Å². The summed E-state index contributed by atoms with van der Waals surface area (Å²) in [6.07, 6.45) is 4.42. The predicted octanol–water partition coefficient (Wildman–Crippen LogP) is 2.45. The van der Waals surface area contributed by atoms with Gasteiger partial charge in [-0.25, -0.2) is 8.42 Å². The van der Waals surface area contributed by atoms with Crippen molar-refractivity contribution in [1.82, 2.24) is 15.0 Å². The second-order valence-corrected chi connectivity index (χ2v) is 9.44. The molecule has 2 aliphatic rings. The Labute approximate surface area is 175 Å². The highest BCUT2D eigenvalue weighted by Gasteiger charge is 2.39. The van der Waals surface area contributed by atoms with Crippen LogP contribution in [0.15, 0.2) is 32.7 Å². The predicted molar refractivity (Wildman–Crippen MR) is 111 cm³/mol. The number of benzene rings is 1. The molecule has 1 saturated heterocycles. The molecule has 0 saturated carbocycles. The van der Waals surface area contributed by atoms with Gasteiger partial charge in [-0.3, -0.25) is 9.80 Å². The topological polar surface area (TPSA) is 109 Å². The number of amides is 1. The Morgan fingerprint density at radius 2 is 1.90 bits per heavy atom. The van der Waals surface area contributed by atoms with Gasteiger partial charge in [0.25, 0.3) is 5.91 Å². The van der Waals surface area contributed by atoms with Crippen LogP contribution in [-0.4, -0.2) is 47.5 Å². The van der Waals surface area contributed by atoms with E-state index in [1.807, 2.05) is 13.8 Å². The van der Waals surface area contributed by atoms with E-state index in [4.69, 9.17) is 4.52 Å². The van der Waals surface area contributed by atoms with E-state index in [9.17, 15) is 13.2 Å². The molecule has 1 aromatic heterocycles. The summed E-state index contributed by atoms with van der Waals surface area (Å²) >= 11 is 0. The molecule has 0 bridgehead atoms. The highest BCUT2D eigenvalue weighted by atomic mass is 32.2. The Kier molecular flexibility index (Phi) is 5.59. The number of nitrogens with zero attached hydrogens (tertiary/aromatic N) is 5. The summed E-state index contributed by atoms with van der Waals surface area (Å²) < 4.78 is 31.8. The lowest BCUT2D eigenvalue weighted by molar-refractivity contribution is -0.123. The normalized spacial score (nSPS) is 18.5. The lowest BCUT2D eigenvalue weighted by Gasteiger charge is -2.28. The zero-order valence-electron chi connectivity index (χ0n) is 17.2. The first kappa shape index (κ1) is 20.5. The molecule has 0 aliphatic carbocycles. The van der Waals surface area contributed by atoms with Crippen LogP contribution >= 0.6 is 0 Å². The molecule has 30 heavy (non-hydrogen) atoms. The minimum Gasteiger partial charge on any atom is -0.337 e. The van der Waals surface area contributed by atoms with Crippen molar-refractivity contribution in [3.8, 4) is 0 Å². The van der Waals surface area contributed by atoms with Crippen molar-refractivity contribution in [2.24, 2.45) is 5.10 Å². The van der Waals surface area contributed by atoms with Gasteiger partial charge in [0.05, 0.1) is 10.6 Å². The van der Waals surface area contributed by atoms with Crippen LogP contribution < -0.4 is 5.01 Å². The molecule has 0 atom stereocenters. The number of hydrogen-bond donors (Lipinski definition) is 0. The van der Waals surface area contributed by atoms with Crippen LogP contribution in [0, 0.1) is 6.92 Å². The number of carbonyl (C=O) groups excluding carboxylic acids is 1. The average molecular weight is 432 g/mol. The van der Waals surface area contributed by atoms with Crippen LogP contribution in [0.2, 0.25) is 0 Å². The van der Waals surface area contributed by atoms with Gasteiger partial charge in [-0.05, 0) is 37.5 Å². The Bertz CT molecular complexity index is 1080. The highest BCUT2D eigenvalue weighted by Crippen LogP contribution is 2.34. The smallest absolute Gasteiger partial charge is 0.286 e. The number of fused-ring (bicyclic) bond motifs is 1. The minimum atomic E-state index is -4.03. The SMILES string of the molecule is CCc1noc(CN2N=C(C(=O)N3CCCCCC3)S(=O)(=O)c3ccc(C)cc32)n1. The van der Waals surface area contributed by atoms with Crippen molar-refractivity contribution in [3.63, 3.8) is 0 Å². The van der Waals surface area contributed by atoms with Crippen molar-refractivity contribution < 1.29 is 17.7 Å². The van der Waals surface area contributed by atoms with E-state index in [1.54, 1.807) is 17.0 Å². The third-order valence-corrected chi connectivity index (χ3v) is 7.03. The molecule has 2 aromatic rings. The molecule has 10 heteroatoms. The van der Waals surface area contributed by atoms with E-state index in [0.717, 1.165) is 31.2 Å². The number of likely N-dealkylation sites (tertiary alicyclic amines) is 1. The molecule has 3 heterocycles. The standard InChI is InChI=1S/C20H25N5O4S/c1-3-17-21-18(29-23-17)13-25-15-12-14(2)8-9-16(15)30(27,28)19(22-25)20(26)24-10-6-4-5-7-11-24/h8-9,12H,3-7,10-11,13H2,1-2H3. The van der Waals surface area contributed by atoms with Gasteiger partial charge in [-0.2, -0.15) is 10.1 Å². The fraction of sp³-hybridized carbons (Fsp3) is 0.500. The third-order valence-electron chi connectivity index (χ3n) is 5.34. The summed E-state index contributed by atoms with van der Waals surface area (Å²) in [6.45, 7) is 4.94. The Balaban J connectivity index is 1.75. The number of aryl methyl sites for hydroxylation is 2. The Morgan fingerprint density at radius 3 is 2.57 bits per heavy atom. The molecule has 2 aliphatic heterocycles. The highest BCUT2D eigenvalue weighted by molar-refractivity contribution is 8.08. The van der Waals surface area contributed by atoms with Crippen molar-refractivity contribution >= 4 is 26.5 Å². The summed E-state index contributed by atoms with van der Waals surface area (Å²) in [4.78, 5) is 19.1. The quantitative estimate of drug-likeness (QED) is 0.731. The molecule has 1 amide bonds. The molecule has 0 N–H and O–H groups in total. The zero-order chi connectivity index (χ0) is 21.3. The van der Waals surface area contributed by atoms with Gasteiger partial charge in [-0.1, -0.05) is 31.0 Å². The number of hydrazone groups is 1. The maximum Gasteiger partial charge on any atom is 0.286 e. The number of carbonyl (C=O) groups is 1. The van der Waals surface area contributed by atoms with Crippen molar-refractivity contribution in [2.45, 2.75) is 57.4 Å². The maximum atomic E-state index is 13.3. The summed E-state index contributed by atoms with van der Waals surface area (Å²) in [7, 11) is -4.03. The van der Waals surface area contributed by atoms with Crippen molar-refractivity contribution in [1.29, 1.82) is 0 Å². The lowest BCUT2D eigenvalue weighted by Crippen LogP contribution is -2.43. The van der Waals surface area contributed by atoms with E-state index in [0.29, 0.717) is 36.9 Å². The number of anilines is 1. The summed E-state index contributed by atoms with van der Waals surface area (Å²) in [5.41, 5.74) is 1.28. The number of aromatic nitrogens is 2. The molecule has 4 rings (SSSR count). The van der Waals surface area contributed by atoms with Gasteiger partial charge < -0.3 is 9.42 Å². The van der Waals surface area contributed by atoms with Gasteiger partial charge >= 0.3 is 0 Å². The monoisotopic (exact) mass is 431 g/mol. The van der Waals surface area contributed by atoms with E-state index < -0.39 is 20.8 Å². The second kappa shape index (κ2) is 8.17. The molecule has 0 unspecified atom stereocenters. The first-order chi connectivity index (χ1) is 14.4. The average Bonchev–Trinajstić information content (AvgIpc) is 3.00. The molecule has 0 radical (unpaired) electrons. The van der Waals surface area contributed by atoms with Crippen LogP contribution in [0.25, 0.3) is 0 Å². The summed E-state index contributed by atoms with van der Waals surface area (Å²) in [6, 6.07) is 4.99. The molecule has 1 fully saturated rings. The van der Waals surface area contributed by atoms with E-state index in [1.165, 1.54) is 11.1 Å². The molecule has 160 valence electrons. The fourth-order valence-corrected chi connectivity index (χ4v) is 5.15. The third kappa shape index (κ3) is 3.83. The number of rotatable bonds is 4. The largest absolute Gasteiger partial charge is 0.337 e. The molecular formula is C20H25N5O4S. The molecular weight excluding hydrogens is 406 g/mol. The zero-order valence-corrected chi connectivity index (χ0v) is 18.0. The lowest BCUT2D eigenvalue weighted by atomic mass is 10.2. The van der Waals surface area contributed by atoms with E-state index in [-0.39, 0.29) is 11.4 Å². The van der Waals surface area contributed by atoms with Crippen LogP contribution in [-0.2, 0) is 27.6 Å². The maximum absolute atomic E-state index is 13.3. The summed E-state index contributed by atoms with van der Waals surface area (Å²) in [5.74, 6) is 0.320. The van der Waals surface area contributed by atoms with Crippen LogP contribution in [0.5, 0.6) is 0 Å². The molecule has 9 nitrogen and oxygen atoms in total. The van der Waals surface area contributed by atoms with Crippen molar-refractivity contribution in [3.05, 3.63) is 35.5 Å². The number of sulfone groups is 1. The van der Waals surface area contributed by atoms with Gasteiger partial charge in [0.15, 0.2) is 5.82 Å².